The molecule has 5 nitrogen and oxygen atoms in total. The second-order valence-corrected chi connectivity index (χ2v) is 5.93. The average Bonchev–Trinajstić information content (AvgIpc) is 3.25. The number of anilines is 1. The van der Waals surface area contributed by atoms with E-state index < -0.39 is 0 Å². The van der Waals surface area contributed by atoms with Crippen LogP contribution < -0.4 is 9.64 Å². The molecule has 0 saturated carbocycles. The third-order valence-electron chi connectivity index (χ3n) is 4.37. The molecule has 1 unspecified atom stereocenters. The molecule has 6 heteroatoms. The molecule has 0 aliphatic carbocycles. The number of pyridine rings is 1. The van der Waals surface area contributed by atoms with E-state index in [9.17, 15) is 9.18 Å². The molecule has 4 rings (SSSR count). The third-order valence-corrected chi connectivity index (χ3v) is 4.37. The first kappa shape index (κ1) is 15.1. The molecule has 2 aliphatic heterocycles. The fourth-order valence-corrected chi connectivity index (χ4v) is 3.14. The molecule has 0 radical (unpaired) electrons. The maximum Gasteiger partial charge on any atom is 0.258 e. The van der Waals surface area contributed by atoms with E-state index in [0.717, 1.165) is 6.42 Å². The molecule has 1 aromatic carbocycles. The zero-order valence-electron chi connectivity index (χ0n) is 13.1. The predicted molar refractivity (Wildman–Crippen MR) is 85.9 cm³/mol. The van der Waals surface area contributed by atoms with E-state index in [1.165, 1.54) is 6.07 Å². The van der Waals surface area contributed by atoms with Gasteiger partial charge in [-0.1, -0.05) is 6.07 Å². The van der Waals surface area contributed by atoms with E-state index in [4.69, 9.17) is 9.47 Å². The summed E-state index contributed by atoms with van der Waals surface area (Å²) in [7, 11) is 0. The second kappa shape index (κ2) is 6.20. The Labute approximate surface area is 139 Å². The van der Waals surface area contributed by atoms with Gasteiger partial charge < -0.3 is 14.4 Å². The molecule has 1 atom stereocenters. The van der Waals surface area contributed by atoms with Crippen molar-refractivity contribution in [2.45, 2.75) is 18.9 Å². The summed E-state index contributed by atoms with van der Waals surface area (Å²) in [5.41, 5.74) is 1.72. The lowest BCUT2D eigenvalue weighted by atomic mass is 10.1. The van der Waals surface area contributed by atoms with Crippen LogP contribution in [-0.2, 0) is 11.2 Å². The van der Waals surface area contributed by atoms with Gasteiger partial charge in [-0.25, -0.2) is 9.37 Å². The van der Waals surface area contributed by atoms with Gasteiger partial charge in [-0.15, -0.1) is 0 Å². The number of fused-ring (bicyclic) bond motifs is 1. The zero-order chi connectivity index (χ0) is 16.5. The van der Waals surface area contributed by atoms with Crippen molar-refractivity contribution in [3.63, 3.8) is 0 Å². The number of halogens is 1. The summed E-state index contributed by atoms with van der Waals surface area (Å²) in [5.74, 6) is -0.0212. The van der Waals surface area contributed by atoms with Crippen molar-refractivity contribution < 1.29 is 18.7 Å². The van der Waals surface area contributed by atoms with Crippen LogP contribution in [0.4, 0.5) is 10.1 Å². The van der Waals surface area contributed by atoms with Crippen LogP contribution in [-0.4, -0.2) is 36.8 Å². The highest BCUT2D eigenvalue weighted by Gasteiger charge is 2.28. The Bertz CT molecular complexity index is 775. The van der Waals surface area contributed by atoms with E-state index in [1.54, 1.807) is 35.4 Å². The number of nitrogens with zero attached hydrogens (tertiary/aromatic N) is 2. The Morgan fingerprint density at radius 3 is 3.12 bits per heavy atom. The van der Waals surface area contributed by atoms with Crippen LogP contribution in [0.1, 0.15) is 22.3 Å². The molecule has 0 bridgehead atoms. The fourth-order valence-electron chi connectivity index (χ4n) is 3.14. The standard InChI is InChI=1S/C18H17FN2O3/c19-15-2-1-3-16-14(15)5-8-21(16)18(22)12-4-7-20-17(10-12)24-13-6-9-23-11-13/h1-4,7,10,13H,5-6,8-9,11H2. The number of carbonyl (C=O) groups is 1. The minimum absolute atomic E-state index is 0.0236. The van der Waals surface area contributed by atoms with Crippen molar-refractivity contribution in [1.29, 1.82) is 0 Å². The molecule has 1 saturated heterocycles. The highest BCUT2D eigenvalue weighted by Crippen LogP contribution is 2.31. The Morgan fingerprint density at radius 1 is 1.38 bits per heavy atom. The Hall–Kier alpha value is -2.47. The van der Waals surface area contributed by atoms with E-state index in [0.29, 0.717) is 48.9 Å². The van der Waals surface area contributed by atoms with Gasteiger partial charge in [-0.3, -0.25) is 4.79 Å². The summed E-state index contributed by atoms with van der Waals surface area (Å²) in [6.07, 6.45) is 2.88. The molecule has 1 aromatic heterocycles. The molecule has 3 heterocycles. The zero-order valence-corrected chi connectivity index (χ0v) is 13.1. The highest BCUT2D eigenvalue weighted by atomic mass is 19.1. The van der Waals surface area contributed by atoms with Crippen LogP contribution in [0.15, 0.2) is 36.5 Å². The normalized spacial score (nSPS) is 19.4. The van der Waals surface area contributed by atoms with Crippen molar-refractivity contribution >= 4 is 11.6 Å². The second-order valence-electron chi connectivity index (χ2n) is 5.93. The number of amides is 1. The van der Waals surface area contributed by atoms with Crippen molar-refractivity contribution in [2.75, 3.05) is 24.7 Å². The van der Waals surface area contributed by atoms with Gasteiger partial charge in [0.2, 0.25) is 5.88 Å². The quantitative estimate of drug-likeness (QED) is 0.869. The summed E-state index contributed by atoms with van der Waals surface area (Å²) >= 11 is 0. The Balaban J connectivity index is 1.56. The number of hydrogen-bond acceptors (Lipinski definition) is 4. The van der Waals surface area contributed by atoms with E-state index >= 15 is 0 Å². The van der Waals surface area contributed by atoms with E-state index in [2.05, 4.69) is 4.98 Å². The van der Waals surface area contributed by atoms with Gasteiger partial charge in [0.25, 0.3) is 5.91 Å². The summed E-state index contributed by atoms with van der Waals surface area (Å²) in [6.45, 7) is 1.70. The van der Waals surface area contributed by atoms with Gasteiger partial charge in [0.1, 0.15) is 11.9 Å². The topological polar surface area (TPSA) is 51.7 Å². The molecule has 1 amide bonds. The monoisotopic (exact) mass is 328 g/mol. The van der Waals surface area contributed by atoms with Gasteiger partial charge in [-0.2, -0.15) is 0 Å². The summed E-state index contributed by atoms with van der Waals surface area (Å²) in [5, 5.41) is 0. The van der Waals surface area contributed by atoms with E-state index in [1.807, 2.05) is 0 Å². The number of benzene rings is 1. The first-order valence-electron chi connectivity index (χ1n) is 8.02. The smallest absolute Gasteiger partial charge is 0.258 e. The largest absolute Gasteiger partial charge is 0.472 e. The fraction of sp³-hybridized carbons (Fsp3) is 0.333. The maximum absolute atomic E-state index is 13.8. The Kier molecular flexibility index (Phi) is 3.90. The lowest BCUT2D eigenvalue weighted by Crippen LogP contribution is -2.29. The van der Waals surface area contributed by atoms with Gasteiger partial charge in [-0.05, 0) is 24.6 Å². The van der Waals surface area contributed by atoms with Crippen LogP contribution in [0, 0.1) is 5.82 Å². The molecule has 24 heavy (non-hydrogen) atoms. The van der Waals surface area contributed by atoms with Gasteiger partial charge in [0, 0.05) is 36.4 Å². The Morgan fingerprint density at radius 2 is 2.29 bits per heavy atom. The van der Waals surface area contributed by atoms with Crippen molar-refractivity contribution in [3.05, 3.63) is 53.5 Å². The summed E-state index contributed by atoms with van der Waals surface area (Å²) in [4.78, 5) is 18.6. The number of rotatable bonds is 3. The number of ether oxygens (including phenoxy) is 2. The SMILES string of the molecule is O=C(c1ccnc(OC2CCOC2)c1)N1CCc2c(F)cccc21. The van der Waals surface area contributed by atoms with Crippen LogP contribution in [0.2, 0.25) is 0 Å². The van der Waals surface area contributed by atoms with E-state index in [-0.39, 0.29) is 17.8 Å². The summed E-state index contributed by atoms with van der Waals surface area (Å²) < 4.78 is 24.9. The minimum atomic E-state index is -0.261. The number of aromatic nitrogens is 1. The predicted octanol–water partition coefficient (Wildman–Crippen LogP) is 2.59. The van der Waals surface area contributed by atoms with Gasteiger partial charge >= 0.3 is 0 Å². The van der Waals surface area contributed by atoms with Crippen LogP contribution in [0.5, 0.6) is 5.88 Å². The lowest BCUT2D eigenvalue weighted by molar-refractivity contribution is 0.0987. The van der Waals surface area contributed by atoms with Crippen molar-refractivity contribution in [1.82, 2.24) is 4.98 Å². The highest BCUT2D eigenvalue weighted by molar-refractivity contribution is 6.07. The molecule has 0 spiro atoms. The molecular formula is C18H17FN2O3. The van der Waals surface area contributed by atoms with Crippen LogP contribution in [0.3, 0.4) is 0 Å². The maximum atomic E-state index is 13.8. The third kappa shape index (κ3) is 2.73. The number of carbonyl (C=O) groups excluding carboxylic acids is 1. The van der Waals surface area contributed by atoms with Gasteiger partial charge in [0.05, 0.1) is 18.9 Å². The van der Waals surface area contributed by atoms with Crippen molar-refractivity contribution in [2.24, 2.45) is 0 Å². The summed E-state index contributed by atoms with van der Waals surface area (Å²) in [6, 6.07) is 8.11. The van der Waals surface area contributed by atoms with Crippen LogP contribution >= 0.6 is 0 Å². The average molecular weight is 328 g/mol. The first-order valence-corrected chi connectivity index (χ1v) is 8.02. The lowest BCUT2D eigenvalue weighted by Gasteiger charge is -2.18. The first-order chi connectivity index (χ1) is 11.7. The van der Waals surface area contributed by atoms with Crippen LogP contribution in [0.25, 0.3) is 0 Å². The molecule has 1 fully saturated rings. The molecule has 2 aliphatic rings. The molecule has 2 aromatic rings. The molecule has 124 valence electrons. The van der Waals surface area contributed by atoms with Crippen molar-refractivity contribution in [3.8, 4) is 5.88 Å². The number of hydrogen-bond donors (Lipinski definition) is 0. The molecule has 0 N–H and O–H groups in total. The van der Waals surface area contributed by atoms with Gasteiger partial charge in [0.15, 0.2) is 0 Å². The minimum Gasteiger partial charge on any atom is -0.472 e. The molecular weight excluding hydrogens is 311 g/mol.